The third kappa shape index (κ3) is 3.61. The maximum Gasteiger partial charge on any atom is 0.129 e. The van der Waals surface area contributed by atoms with Crippen molar-refractivity contribution >= 4 is 0 Å². The Balaban J connectivity index is 1.90. The fourth-order valence-corrected chi connectivity index (χ4v) is 2.05. The normalized spacial score (nSPS) is 12.6. The Labute approximate surface area is 111 Å². The molecule has 3 nitrogen and oxygen atoms in total. The molecule has 1 aromatic heterocycles. The lowest BCUT2D eigenvalue weighted by Crippen LogP contribution is -2.24. The largest absolute Gasteiger partial charge is 0.327 e. The predicted molar refractivity (Wildman–Crippen MR) is 69.6 cm³/mol. The van der Waals surface area contributed by atoms with Gasteiger partial charge in [-0.1, -0.05) is 6.07 Å². The molecule has 2 rings (SSSR count). The fraction of sp³-hybridized carbons (Fsp3) is 0.357. The van der Waals surface area contributed by atoms with Gasteiger partial charge in [-0.15, -0.1) is 0 Å². The second kappa shape index (κ2) is 5.93. The van der Waals surface area contributed by atoms with Crippen LogP contribution >= 0.6 is 0 Å². The van der Waals surface area contributed by atoms with E-state index >= 15 is 0 Å². The summed E-state index contributed by atoms with van der Waals surface area (Å²) in [5.74, 6) is -1.10. The highest BCUT2D eigenvalue weighted by molar-refractivity contribution is 5.19. The van der Waals surface area contributed by atoms with Gasteiger partial charge < -0.3 is 5.73 Å². The molecule has 1 unspecified atom stereocenters. The van der Waals surface area contributed by atoms with Crippen LogP contribution in [0.2, 0.25) is 0 Å². The van der Waals surface area contributed by atoms with Gasteiger partial charge in [0.2, 0.25) is 0 Å². The average Bonchev–Trinajstić information content (AvgIpc) is 2.76. The van der Waals surface area contributed by atoms with Gasteiger partial charge in [0.25, 0.3) is 0 Å². The Hall–Kier alpha value is -1.75. The van der Waals surface area contributed by atoms with Crippen LogP contribution in [0.5, 0.6) is 0 Å². The van der Waals surface area contributed by atoms with E-state index in [0.717, 1.165) is 24.6 Å². The van der Waals surface area contributed by atoms with Crippen molar-refractivity contribution < 1.29 is 8.78 Å². The second-order valence-corrected chi connectivity index (χ2v) is 4.68. The first kappa shape index (κ1) is 13.7. The summed E-state index contributed by atoms with van der Waals surface area (Å²) in [5, 5.41) is 4.08. The van der Waals surface area contributed by atoms with Gasteiger partial charge in [-0.2, -0.15) is 5.10 Å². The molecule has 102 valence electrons. The number of hydrogen-bond acceptors (Lipinski definition) is 2. The Kier molecular flexibility index (Phi) is 4.27. The Morgan fingerprint density at radius 3 is 2.74 bits per heavy atom. The number of nitrogens with zero attached hydrogens (tertiary/aromatic N) is 2. The van der Waals surface area contributed by atoms with Gasteiger partial charge in [0, 0.05) is 31.0 Å². The first-order valence-electron chi connectivity index (χ1n) is 6.22. The van der Waals surface area contributed by atoms with Crippen LogP contribution in [-0.4, -0.2) is 15.8 Å². The molecule has 0 saturated heterocycles. The van der Waals surface area contributed by atoms with Crippen LogP contribution in [0.25, 0.3) is 0 Å². The zero-order valence-corrected chi connectivity index (χ0v) is 10.8. The minimum absolute atomic E-state index is 0.158. The van der Waals surface area contributed by atoms with E-state index in [0.29, 0.717) is 12.0 Å². The molecule has 0 radical (unpaired) electrons. The molecule has 0 aliphatic rings. The first-order chi connectivity index (χ1) is 9.06. The minimum Gasteiger partial charge on any atom is -0.327 e. The molecule has 1 heterocycles. The highest BCUT2D eigenvalue weighted by atomic mass is 19.1. The van der Waals surface area contributed by atoms with E-state index in [1.54, 1.807) is 10.9 Å². The topological polar surface area (TPSA) is 43.8 Å². The summed E-state index contributed by atoms with van der Waals surface area (Å²) in [6, 6.07) is 5.38. The predicted octanol–water partition coefficient (Wildman–Crippen LogP) is 2.20. The maximum atomic E-state index is 13.5. The van der Waals surface area contributed by atoms with E-state index in [9.17, 15) is 8.78 Å². The molecule has 0 fully saturated rings. The van der Waals surface area contributed by atoms with Gasteiger partial charge in [-0.25, -0.2) is 8.78 Å². The van der Waals surface area contributed by atoms with Gasteiger partial charge in [0.1, 0.15) is 11.6 Å². The van der Waals surface area contributed by atoms with Gasteiger partial charge in [0.05, 0.1) is 0 Å². The van der Waals surface area contributed by atoms with Crippen LogP contribution in [0, 0.1) is 11.6 Å². The van der Waals surface area contributed by atoms with E-state index < -0.39 is 11.6 Å². The van der Waals surface area contributed by atoms with Gasteiger partial charge in [-0.05, 0) is 37.0 Å². The molecule has 0 spiro atoms. The number of rotatable bonds is 5. The van der Waals surface area contributed by atoms with E-state index in [2.05, 4.69) is 5.10 Å². The van der Waals surface area contributed by atoms with Gasteiger partial charge in [0.15, 0.2) is 0 Å². The lowest BCUT2D eigenvalue weighted by Gasteiger charge is -2.12. The van der Waals surface area contributed by atoms with Crippen LogP contribution in [0.1, 0.15) is 17.7 Å². The molecule has 1 atom stereocenters. The summed E-state index contributed by atoms with van der Waals surface area (Å²) in [7, 11) is 1.88. The van der Waals surface area contributed by atoms with Crippen molar-refractivity contribution in [1.82, 2.24) is 9.78 Å². The van der Waals surface area contributed by atoms with E-state index in [4.69, 9.17) is 5.73 Å². The smallest absolute Gasteiger partial charge is 0.129 e. The van der Waals surface area contributed by atoms with Crippen molar-refractivity contribution in [1.29, 1.82) is 0 Å². The zero-order valence-electron chi connectivity index (χ0n) is 10.8. The van der Waals surface area contributed by atoms with Crippen molar-refractivity contribution in [3.63, 3.8) is 0 Å². The highest BCUT2D eigenvalue weighted by Gasteiger charge is 2.10. The molecule has 0 saturated carbocycles. The number of halogens is 2. The number of hydrogen-bond donors (Lipinski definition) is 1. The third-order valence-corrected chi connectivity index (χ3v) is 3.19. The zero-order chi connectivity index (χ0) is 13.8. The molecule has 2 N–H and O–H groups in total. The monoisotopic (exact) mass is 265 g/mol. The molecule has 1 aromatic carbocycles. The lowest BCUT2D eigenvalue weighted by molar-refractivity contribution is 0.543. The summed E-state index contributed by atoms with van der Waals surface area (Å²) in [6.45, 7) is 0. The molecule has 0 amide bonds. The van der Waals surface area contributed by atoms with Crippen molar-refractivity contribution in [2.45, 2.75) is 25.3 Å². The quantitative estimate of drug-likeness (QED) is 0.900. The Bertz CT molecular complexity index is 551. The van der Waals surface area contributed by atoms with Crippen molar-refractivity contribution in [2.75, 3.05) is 0 Å². The van der Waals surface area contributed by atoms with Crippen LogP contribution in [-0.2, 0) is 19.9 Å². The summed E-state index contributed by atoms with van der Waals surface area (Å²) < 4.78 is 28.1. The van der Waals surface area contributed by atoms with E-state index in [1.165, 1.54) is 12.1 Å². The average molecular weight is 265 g/mol. The summed E-state index contributed by atoms with van der Waals surface area (Å²) in [4.78, 5) is 0. The Morgan fingerprint density at radius 2 is 2.11 bits per heavy atom. The number of aromatic nitrogens is 2. The molecular weight excluding hydrogens is 248 g/mol. The molecule has 19 heavy (non-hydrogen) atoms. The lowest BCUT2D eigenvalue weighted by atomic mass is 10.0. The fourth-order valence-electron chi connectivity index (χ4n) is 2.05. The maximum absolute atomic E-state index is 13.5. The minimum atomic E-state index is -0.565. The first-order valence-corrected chi connectivity index (χ1v) is 6.22. The van der Waals surface area contributed by atoms with Crippen molar-refractivity contribution in [3.8, 4) is 0 Å². The third-order valence-electron chi connectivity index (χ3n) is 3.19. The highest BCUT2D eigenvalue weighted by Crippen LogP contribution is 2.13. The van der Waals surface area contributed by atoms with Crippen LogP contribution in [0.4, 0.5) is 8.78 Å². The second-order valence-electron chi connectivity index (χ2n) is 4.68. The molecular formula is C14H17F2N3. The molecule has 5 heteroatoms. The van der Waals surface area contributed by atoms with Crippen molar-refractivity contribution in [2.24, 2.45) is 12.8 Å². The summed E-state index contributed by atoms with van der Waals surface area (Å²) >= 11 is 0. The standard InChI is InChI=1S/C14H17F2N3/c1-19-13(6-7-18-19)5-4-12(17)8-10-2-3-11(15)9-14(10)16/h2-3,6-7,9,12H,4-5,8,17H2,1H3. The van der Waals surface area contributed by atoms with E-state index in [1.807, 2.05) is 13.1 Å². The van der Waals surface area contributed by atoms with Gasteiger partial charge >= 0.3 is 0 Å². The van der Waals surface area contributed by atoms with Crippen LogP contribution < -0.4 is 5.73 Å². The number of nitrogens with two attached hydrogens (primary N) is 1. The Morgan fingerprint density at radius 1 is 1.32 bits per heavy atom. The van der Waals surface area contributed by atoms with Crippen LogP contribution in [0.15, 0.2) is 30.5 Å². The summed E-state index contributed by atoms with van der Waals surface area (Å²) in [5.41, 5.74) is 7.54. The SMILES string of the molecule is Cn1nccc1CCC(N)Cc1ccc(F)cc1F. The number of aryl methyl sites for hydroxylation is 2. The van der Waals surface area contributed by atoms with Crippen LogP contribution in [0.3, 0.4) is 0 Å². The number of benzene rings is 1. The van der Waals surface area contributed by atoms with E-state index in [-0.39, 0.29) is 6.04 Å². The summed E-state index contributed by atoms with van der Waals surface area (Å²) in [6.07, 6.45) is 3.67. The van der Waals surface area contributed by atoms with Gasteiger partial charge in [-0.3, -0.25) is 4.68 Å². The molecule has 0 aliphatic carbocycles. The molecule has 0 aliphatic heterocycles. The molecule has 2 aromatic rings. The molecule has 0 bridgehead atoms. The van der Waals surface area contributed by atoms with Crippen molar-refractivity contribution in [3.05, 3.63) is 53.4 Å².